The van der Waals surface area contributed by atoms with Gasteiger partial charge >= 0.3 is 0 Å². The number of nitrogens with zero attached hydrogens (tertiary/aromatic N) is 2. The molecule has 8 heteroatoms. The molecular formula is C41H45N3O5. The normalized spacial score (nSPS) is 12.9. The SMILES string of the molecule is CCNC(=O)c1onc(-c2cc(C(C)C)c(OCc3ccccc3)cc2OCc2ccccc2)c1-c1ccc2c(c1)CCN(CCOC)C2. The van der Waals surface area contributed by atoms with Crippen LogP contribution in [0.5, 0.6) is 11.5 Å². The summed E-state index contributed by atoms with van der Waals surface area (Å²) in [6, 6.07) is 30.6. The third-order valence-electron chi connectivity index (χ3n) is 8.90. The van der Waals surface area contributed by atoms with Crippen molar-refractivity contribution in [3.8, 4) is 33.9 Å². The minimum atomic E-state index is -0.307. The first-order chi connectivity index (χ1) is 23.9. The average molecular weight is 660 g/mol. The van der Waals surface area contributed by atoms with Crippen LogP contribution < -0.4 is 14.8 Å². The first-order valence-electron chi connectivity index (χ1n) is 17.1. The van der Waals surface area contributed by atoms with Crippen molar-refractivity contribution in [2.45, 2.75) is 52.9 Å². The van der Waals surface area contributed by atoms with Crippen molar-refractivity contribution in [2.24, 2.45) is 0 Å². The van der Waals surface area contributed by atoms with Crippen LogP contribution in [-0.2, 0) is 30.9 Å². The first kappa shape index (κ1) is 34.0. The Morgan fingerprint density at radius 3 is 2.24 bits per heavy atom. The van der Waals surface area contributed by atoms with E-state index >= 15 is 0 Å². The maximum Gasteiger partial charge on any atom is 0.290 e. The summed E-state index contributed by atoms with van der Waals surface area (Å²) < 4.78 is 24.2. The molecule has 1 aliphatic rings. The number of hydrogen-bond donors (Lipinski definition) is 1. The van der Waals surface area contributed by atoms with Crippen molar-refractivity contribution < 1.29 is 23.5 Å². The Morgan fingerprint density at radius 2 is 1.59 bits per heavy atom. The van der Waals surface area contributed by atoms with Crippen LogP contribution in [-0.4, -0.2) is 49.3 Å². The zero-order valence-electron chi connectivity index (χ0n) is 28.8. The molecule has 254 valence electrons. The third kappa shape index (κ3) is 8.04. The van der Waals surface area contributed by atoms with Gasteiger partial charge in [-0.1, -0.05) is 97.9 Å². The Bertz CT molecular complexity index is 1850. The van der Waals surface area contributed by atoms with E-state index in [1.807, 2.05) is 61.5 Å². The van der Waals surface area contributed by atoms with Crippen molar-refractivity contribution in [3.63, 3.8) is 0 Å². The van der Waals surface area contributed by atoms with Crippen LogP contribution in [0.1, 0.15) is 65.1 Å². The summed E-state index contributed by atoms with van der Waals surface area (Å²) in [5.41, 5.74) is 8.47. The van der Waals surface area contributed by atoms with Crippen LogP contribution in [0, 0.1) is 0 Å². The summed E-state index contributed by atoms with van der Waals surface area (Å²) in [4.78, 5) is 15.9. The number of benzene rings is 4. The lowest BCUT2D eigenvalue weighted by atomic mass is 9.91. The molecule has 1 aromatic heterocycles. The number of carbonyl (C=O) groups excluding carboxylic acids is 1. The molecule has 0 unspecified atom stereocenters. The maximum absolute atomic E-state index is 13.4. The second kappa shape index (κ2) is 16.0. The molecule has 49 heavy (non-hydrogen) atoms. The van der Waals surface area contributed by atoms with E-state index in [2.05, 4.69) is 65.6 Å². The summed E-state index contributed by atoms with van der Waals surface area (Å²) in [5, 5.41) is 7.50. The number of nitrogens with one attached hydrogen (secondary N) is 1. The molecule has 4 aromatic carbocycles. The highest BCUT2D eigenvalue weighted by Crippen LogP contribution is 2.44. The van der Waals surface area contributed by atoms with Crippen LogP contribution in [0.2, 0.25) is 0 Å². The third-order valence-corrected chi connectivity index (χ3v) is 8.90. The van der Waals surface area contributed by atoms with Crippen molar-refractivity contribution in [1.29, 1.82) is 0 Å². The van der Waals surface area contributed by atoms with E-state index in [9.17, 15) is 4.79 Å². The number of amides is 1. The molecule has 5 aromatic rings. The number of rotatable bonds is 14. The van der Waals surface area contributed by atoms with Crippen LogP contribution >= 0.6 is 0 Å². The van der Waals surface area contributed by atoms with E-state index in [1.54, 1.807) is 7.11 Å². The Hall–Kier alpha value is -4.92. The molecule has 1 amide bonds. The summed E-state index contributed by atoms with van der Waals surface area (Å²) >= 11 is 0. The number of fused-ring (bicyclic) bond motifs is 1. The number of carbonyl (C=O) groups is 1. The van der Waals surface area contributed by atoms with Gasteiger partial charge in [-0.2, -0.15) is 0 Å². The maximum atomic E-state index is 13.4. The molecule has 0 radical (unpaired) electrons. The van der Waals surface area contributed by atoms with Gasteiger partial charge in [-0.05, 0) is 58.7 Å². The average Bonchev–Trinajstić information content (AvgIpc) is 3.58. The monoisotopic (exact) mass is 659 g/mol. The van der Waals surface area contributed by atoms with Crippen molar-refractivity contribution >= 4 is 5.91 Å². The molecule has 1 aliphatic heterocycles. The predicted molar refractivity (Wildman–Crippen MR) is 192 cm³/mol. The minimum absolute atomic E-state index is 0.135. The topological polar surface area (TPSA) is 86.1 Å². The summed E-state index contributed by atoms with van der Waals surface area (Å²) in [5.74, 6) is 1.35. The highest BCUT2D eigenvalue weighted by molar-refractivity contribution is 6.02. The second-order valence-corrected chi connectivity index (χ2v) is 12.7. The van der Waals surface area contributed by atoms with Gasteiger partial charge in [0.1, 0.15) is 30.4 Å². The lowest BCUT2D eigenvalue weighted by Gasteiger charge is -2.28. The number of methoxy groups -OCH3 is 1. The van der Waals surface area contributed by atoms with E-state index in [-0.39, 0.29) is 17.6 Å². The molecule has 1 N–H and O–H groups in total. The Kier molecular flexibility index (Phi) is 11.1. The standard InChI is InChI=1S/C41H45N3O5/c1-5-42-41(45)40-38(32-16-17-33-25-44(20-21-46-4)19-18-31(33)22-32)39(43-49-40)35-23-34(28(2)3)36(47-26-29-12-8-6-9-13-29)24-37(35)48-27-30-14-10-7-11-15-30/h6-17,22-24,28H,5,18-21,25-27H2,1-4H3,(H,42,45). The van der Waals surface area contributed by atoms with Crippen molar-refractivity contribution in [2.75, 3.05) is 33.4 Å². The fraction of sp³-hybridized carbons (Fsp3) is 0.317. The molecular weight excluding hydrogens is 614 g/mol. The van der Waals surface area contributed by atoms with Crippen LogP contribution in [0.25, 0.3) is 22.4 Å². The first-order valence-corrected chi connectivity index (χ1v) is 17.1. The molecule has 0 fully saturated rings. The summed E-state index contributed by atoms with van der Waals surface area (Å²) in [6.07, 6.45) is 0.903. The van der Waals surface area contributed by atoms with Crippen LogP contribution in [0.4, 0.5) is 0 Å². The number of ether oxygens (including phenoxy) is 3. The molecule has 8 nitrogen and oxygen atoms in total. The van der Waals surface area contributed by atoms with Gasteiger partial charge in [0.15, 0.2) is 0 Å². The summed E-state index contributed by atoms with van der Waals surface area (Å²) in [7, 11) is 1.74. The lowest BCUT2D eigenvalue weighted by molar-refractivity contribution is 0.0920. The predicted octanol–water partition coefficient (Wildman–Crippen LogP) is 8.04. The largest absolute Gasteiger partial charge is 0.488 e. The van der Waals surface area contributed by atoms with E-state index in [4.69, 9.17) is 18.7 Å². The van der Waals surface area contributed by atoms with Gasteiger partial charge in [0.25, 0.3) is 5.91 Å². The fourth-order valence-corrected chi connectivity index (χ4v) is 6.24. The van der Waals surface area contributed by atoms with E-state index in [0.717, 1.165) is 59.6 Å². The Balaban J connectivity index is 1.45. The zero-order valence-corrected chi connectivity index (χ0v) is 28.8. The molecule has 2 heterocycles. The van der Waals surface area contributed by atoms with E-state index < -0.39 is 0 Å². The van der Waals surface area contributed by atoms with Crippen molar-refractivity contribution in [1.82, 2.24) is 15.4 Å². The fourth-order valence-electron chi connectivity index (χ4n) is 6.24. The molecule has 0 bridgehead atoms. The Labute approximate surface area is 289 Å². The zero-order chi connectivity index (χ0) is 34.2. The molecule has 0 spiro atoms. The minimum Gasteiger partial charge on any atom is -0.488 e. The molecule has 0 saturated heterocycles. The summed E-state index contributed by atoms with van der Waals surface area (Å²) in [6.45, 7) is 10.8. The van der Waals surface area contributed by atoms with E-state index in [0.29, 0.717) is 43.4 Å². The molecule has 0 aliphatic carbocycles. The van der Waals surface area contributed by atoms with Gasteiger partial charge in [0.05, 0.1) is 12.2 Å². The van der Waals surface area contributed by atoms with Gasteiger partial charge in [0, 0.05) is 44.9 Å². The number of hydrogen-bond acceptors (Lipinski definition) is 7. The number of aromatic nitrogens is 1. The van der Waals surface area contributed by atoms with Gasteiger partial charge < -0.3 is 24.1 Å². The second-order valence-electron chi connectivity index (χ2n) is 12.7. The van der Waals surface area contributed by atoms with Gasteiger partial charge in [-0.25, -0.2) is 0 Å². The van der Waals surface area contributed by atoms with Crippen molar-refractivity contribution in [3.05, 3.63) is 125 Å². The van der Waals surface area contributed by atoms with Gasteiger partial charge in [-0.15, -0.1) is 0 Å². The quantitative estimate of drug-likeness (QED) is 0.129. The molecule has 0 saturated carbocycles. The molecule has 0 atom stereocenters. The highest BCUT2D eigenvalue weighted by atomic mass is 16.5. The molecule has 6 rings (SSSR count). The van der Waals surface area contributed by atoms with Gasteiger partial charge in [-0.3, -0.25) is 9.69 Å². The lowest BCUT2D eigenvalue weighted by Crippen LogP contribution is -2.33. The van der Waals surface area contributed by atoms with Crippen LogP contribution in [0.3, 0.4) is 0 Å². The van der Waals surface area contributed by atoms with Gasteiger partial charge in [0.2, 0.25) is 5.76 Å². The highest BCUT2D eigenvalue weighted by Gasteiger charge is 2.29. The Morgan fingerprint density at radius 1 is 0.898 bits per heavy atom. The van der Waals surface area contributed by atoms with E-state index in [1.165, 1.54) is 11.1 Å². The van der Waals surface area contributed by atoms with Crippen LogP contribution in [0.15, 0.2) is 95.5 Å². The smallest absolute Gasteiger partial charge is 0.290 e.